The van der Waals surface area contributed by atoms with Crippen LogP contribution in [0.4, 0.5) is 5.95 Å². The highest BCUT2D eigenvalue weighted by molar-refractivity contribution is 5.78. The smallest absolute Gasteiger partial charge is 0.324 e. The molecule has 0 atom stereocenters. The first-order valence-electron chi connectivity index (χ1n) is 7.90. The maximum Gasteiger partial charge on any atom is 0.324 e. The molecule has 0 saturated carbocycles. The van der Waals surface area contributed by atoms with Crippen LogP contribution in [-0.4, -0.2) is 54.7 Å². The molecular weight excluding hydrogens is 298 g/mol. The molecule has 2 heterocycles. The van der Waals surface area contributed by atoms with E-state index in [1.165, 1.54) is 14.2 Å². The number of hydrogen-bond acceptors (Lipinski definition) is 7. The Labute approximate surface area is 136 Å². The number of amides is 1. The molecule has 1 aliphatic rings. The maximum absolute atomic E-state index is 12.1. The molecular formula is C15H25N5O3. The fourth-order valence-corrected chi connectivity index (χ4v) is 2.44. The van der Waals surface area contributed by atoms with E-state index in [9.17, 15) is 4.79 Å². The topological polar surface area (TPSA) is 89.5 Å². The van der Waals surface area contributed by atoms with Gasteiger partial charge in [0.1, 0.15) is 0 Å². The van der Waals surface area contributed by atoms with Crippen molar-refractivity contribution in [3.63, 3.8) is 0 Å². The van der Waals surface area contributed by atoms with Crippen molar-refractivity contribution >= 4 is 11.9 Å². The molecule has 0 spiro atoms. The number of carbonyl (C=O) groups is 1. The van der Waals surface area contributed by atoms with Crippen molar-refractivity contribution in [1.82, 2.24) is 20.3 Å². The molecule has 0 aliphatic carbocycles. The average molecular weight is 323 g/mol. The van der Waals surface area contributed by atoms with Crippen LogP contribution in [-0.2, 0) is 4.79 Å². The zero-order valence-electron chi connectivity index (χ0n) is 14.2. The Hall–Kier alpha value is -2.12. The lowest BCUT2D eigenvalue weighted by atomic mass is 9.96. The third-order valence-corrected chi connectivity index (χ3v) is 3.78. The summed E-state index contributed by atoms with van der Waals surface area (Å²) in [7, 11) is 3.01. The summed E-state index contributed by atoms with van der Waals surface area (Å²) in [5.74, 6) is 1.18. The monoisotopic (exact) mass is 323 g/mol. The zero-order valence-corrected chi connectivity index (χ0v) is 14.2. The highest BCUT2D eigenvalue weighted by Crippen LogP contribution is 2.23. The van der Waals surface area contributed by atoms with E-state index >= 15 is 0 Å². The largest absolute Gasteiger partial charge is 0.467 e. The van der Waals surface area contributed by atoms with E-state index < -0.39 is 0 Å². The highest BCUT2D eigenvalue weighted by atomic mass is 16.5. The molecule has 1 amide bonds. The summed E-state index contributed by atoms with van der Waals surface area (Å²) in [5.41, 5.74) is 0. The summed E-state index contributed by atoms with van der Waals surface area (Å²) in [6, 6.07) is 0.451. The van der Waals surface area contributed by atoms with Crippen molar-refractivity contribution in [2.24, 2.45) is 11.8 Å². The molecule has 0 radical (unpaired) electrons. The van der Waals surface area contributed by atoms with Crippen molar-refractivity contribution in [3.8, 4) is 12.0 Å². The van der Waals surface area contributed by atoms with Gasteiger partial charge in [-0.05, 0) is 18.8 Å². The molecule has 1 fully saturated rings. The lowest BCUT2D eigenvalue weighted by Gasteiger charge is -2.31. The second-order valence-electron chi connectivity index (χ2n) is 6.01. The van der Waals surface area contributed by atoms with E-state index in [4.69, 9.17) is 9.47 Å². The van der Waals surface area contributed by atoms with Crippen molar-refractivity contribution in [1.29, 1.82) is 0 Å². The lowest BCUT2D eigenvalue weighted by molar-refractivity contribution is -0.125. The van der Waals surface area contributed by atoms with E-state index in [-0.39, 0.29) is 23.8 Å². The molecule has 2 rings (SSSR count). The summed E-state index contributed by atoms with van der Waals surface area (Å²) >= 11 is 0. The zero-order chi connectivity index (χ0) is 16.8. The fourth-order valence-electron chi connectivity index (χ4n) is 2.44. The quantitative estimate of drug-likeness (QED) is 0.831. The van der Waals surface area contributed by atoms with E-state index in [2.05, 4.69) is 34.1 Å². The van der Waals surface area contributed by atoms with Gasteiger partial charge in [0.05, 0.1) is 14.2 Å². The van der Waals surface area contributed by atoms with Gasteiger partial charge in [-0.1, -0.05) is 13.8 Å². The van der Waals surface area contributed by atoms with Gasteiger partial charge in [0, 0.05) is 25.6 Å². The van der Waals surface area contributed by atoms with Crippen molar-refractivity contribution in [2.75, 3.05) is 38.8 Å². The van der Waals surface area contributed by atoms with E-state index in [0.717, 1.165) is 32.5 Å². The van der Waals surface area contributed by atoms with Gasteiger partial charge in [-0.2, -0.15) is 9.97 Å². The predicted molar refractivity (Wildman–Crippen MR) is 85.7 cm³/mol. The number of anilines is 1. The summed E-state index contributed by atoms with van der Waals surface area (Å²) in [6.07, 6.45) is 1.56. The highest BCUT2D eigenvalue weighted by Gasteiger charge is 2.26. The molecule has 0 bridgehead atoms. The number of rotatable bonds is 6. The van der Waals surface area contributed by atoms with Crippen LogP contribution < -0.4 is 19.7 Å². The van der Waals surface area contributed by atoms with E-state index in [0.29, 0.717) is 11.9 Å². The van der Waals surface area contributed by atoms with Gasteiger partial charge in [0.15, 0.2) is 0 Å². The molecule has 8 heteroatoms. The van der Waals surface area contributed by atoms with Crippen LogP contribution >= 0.6 is 0 Å². The van der Waals surface area contributed by atoms with E-state index in [1.54, 1.807) is 0 Å². The molecule has 1 N–H and O–H groups in total. The molecule has 0 aromatic carbocycles. The van der Waals surface area contributed by atoms with Gasteiger partial charge in [-0.25, -0.2) is 0 Å². The minimum atomic E-state index is 0.0515. The summed E-state index contributed by atoms with van der Waals surface area (Å²) in [5, 5.41) is 3.00. The molecule has 0 unspecified atom stereocenters. The van der Waals surface area contributed by atoms with Gasteiger partial charge < -0.3 is 19.7 Å². The number of methoxy groups -OCH3 is 2. The molecule has 1 aromatic heterocycles. The van der Waals surface area contributed by atoms with Gasteiger partial charge in [0.25, 0.3) is 0 Å². The standard InChI is InChI=1S/C15H25N5O3/c1-10(2)9-16-12(21)11-5-7-20(8-6-11)13-17-14(22-3)19-15(18-13)23-4/h10-11H,5-9H2,1-4H3,(H,16,21). The molecule has 1 saturated heterocycles. The Bertz CT molecular complexity index is 508. The van der Waals surface area contributed by atoms with Crippen LogP contribution in [0, 0.1) is 11.8 Å². The molecule has 23 heavy (non-hydrogen) atoms. The first kappa shape index (κ1) is 17.2. The molecule has 8 nitrogen and oxygen atoms in total. The number of piperidine rings is 1. The Morgan fingerprint density at radius 1 is 1.17 bits per heavy atom. The molecule has 128 valence electrons. The molecule has 1 aliphatic heterocycles. The van der Waals surface area contributed by atoms with Gasteiger partial charge in [-0.15, -0.1) is 4.98 Å². The minimum absolute atomic E-state index is 0.0515. The van der Waals surface area contributed by atoms with Crippen LogP contribution in [0.1, 0.15) is 26.7 Å². The first-order valence-corrected chi connectivity index (χ1v) is 7.90. The Morgan fingerprint density at radius 2 is 1.74 bits per heavy atom. The lowest BCUT2D eigenvalue weighted by Crippen LogP contribution is -2.42. The summed E-state index contributed by atoms with van der Waals surface area (Å²) in [6.45, 7) is 6.34. The third-order valence-electron chi connectivity index (χ3n) is 3.78. The Kier molecular flexibility index (Phi) is 5.95. The SMILES string of the molecule is COc1nc(OC)nc(N2CCC(C(=O)NCC(C)C)CC2)n1. The van der Waals surface area contributed by atoms with Crippen molar-refractivity contribution in [2.45, 2.75) is 26.7 Å². The third kappa shape index (κ3) is 4.67. The normalized spacial score (nSPS) is 15.6. The van der Waals surface area contributed by atoms with Crippen molar-refractivity contribution in [3.05, 3.63) is 0 Å². The number of nitrogens with zero attached hydrogens (tertiary/aromatic N) is 4. The number of nitrogens with one attached hydrogen (secondary N) is 1. The number of aromatic nitrogens is 3. The summed E-state index contributed by atoms with van der Waals surface area (Å²) in [4.78, 5) is 26.7. The number of hydrogen-bond donors (Lipinski definition) is 1. The fraction of sp³-hybridized carbons (Fsp3) is 0.733. The second-order valence-corrected chi connectivity index (χ2v) is 6.01. The van der Waals surface area contributed by atoms with Crippen LogP contribution in [0.3, 0.4) is 0 Å². The van der Waals surface area contributed by atoms with Crippen LogP contribution in [0.25, 0.3) is 0 Å². The van der Waals surface area contributed by atoms with Crippen LogP contribution in [0.5, 0.6) is 12.0 Å². The Balaban J connectivity index is 1.95. The number of carbonyl (C=O) groups excluding carboxylic acids is 1. The van der Waals surface area contributed by atoms with Crippen LogP contribution in [0.15, 0.2) is 0 Å². The second kappa shape index (κ2) is 7.94. The van der Waals surface area contributed by atoms with E-state index in [1.807, 2.05) is 4.90 Å². The van der Waals surface area contributed by atoms with Crippen molar-refractivity contribution < 1.29 is 14.3 Å². The van der Waals surface area contributed by atoms with Gasteiger partial charge in [0.2, 0.25) is 11.9 Å². The minimum Gasteiger partial charge on any atom is -0.467 e. The maximum atomic E-state index is 12.1. The molecule has 1 aromatic rings. The Morgan fingerprint density at radius 3 is 2.22 bits per heavy atom. The first-order chi connectivity index (χ1) is 11.0. The predicted octanol–water partition coefficient (Wildman–Crippen LogP) is 0.877. The van der Waals surface area contributed by atoms with Crippen LogP contribution in [0.2, 0.25) is 0 Å². The average Bonchev–Trinajstić information content (AvgIpc) is 2.59. The summed E-state index contributed by atoms with van der Waals surface area (Å²) < 4.78 is 10.1. The van der Waals surface area contributed by atoms with Gasteiger partial charge in [-0.3, -0.25) is 4.79 Å². The number of ether oxygens (including phenoxy) is 2. The van der Waals surface area contributed by atoms with Gasteiger partial charge >= 0.3 is 12.0 Å².